The van der Waals surface area contributed by atoms with E-state index in [0.717, 1.165) is 22.6 Å². The molecule has 0 amide bonds. The van der Waals surface area contributed by atoms with Gasteiger partial charge in [-0.3, -0.25) is 0 Å². The third kappa shape index (κ3) is 3.92. The molecule has 0 aliphatic rings. The van der Waals surface area contributed by atoms with Crippen molar-refractivity contribution in [3.8, 4) is 0 Å². The van der Waals surface area contributed by atoms with Crippen LogP contribution in [-0.4, -0.2) is 21.0 Å². The molecule has 6 heteroatoms. The van der Waals surface area contributed by atoms with Crippen LogP contribution in [0.4, 0.5) is 23.1 Å². The molecule has 0 atom stereocenters. The van der Waals surface area contributed by atoms with Gasteiger partial charge in [0.15, 0.2) is 0 Å². The molecule has 126 valence electrons. The molecule has 0 saturated heterocycles. The molecule has 6 nitrogen and oxygen atoms in total. The molecule has 0 spiro atoms. The van der Waals surface area contributed by atoms with Crippen molar-refractivity contribution >= 4 is 29.1 Å². The molecule has 0 radical (unpaired) electrons. The molecular weight excluding hydrogens is 316 g/mol. The van der Waals surface area contributed by atoms with Crippen LogP contribution < -0.4 is 10.6 Å². The monoisotopic (exact) mass is 334 g/mol. The summed E-state index contributed by atoms with van der Waals surface area (Å²) in [6.07, 6.45) is 0. The van der Waals surface area contributed by atoms with Gasteiger partial charge in [-0.05, 0) is 50.2 Å². The lowest BCUT2D eigenvalue weighted by atomic mass is 10.2. The summed E-state index contributed by atoms with van der Waals surface area (Å²) in [4.78, 5) is 19.9. The minimum atomic E-state index is -0.949. The second kappa shape index (κ2) is 7.00. The van der Waals surface area contributed by atoms with Crippen LogP contribution in [0.3, 0.4) is 0 Å². The average Bonchev–Trinajstić information content (AvgIpc) is 2.60. The summed E-state index contributed by atoms with van der Waals surface area (Å²) >= 11 is 0. The van der Waals surface area contributed by atoms with Gasteiger partial charge >= 0.3 is 5.97 Å². The van der Waals surface area contributed by atoms with Crippen LogP contribution in [0.1, 0.15) is 21.6 Å². The number of carbonyl (C=O) groups is 1. The lowest BCUT2D eigenvalue weighted by molar-refractivity contribution is 0.0697. The molecule has 1 aromatic heterocycles. The molecule has 25 heavy (non-hydrogen) atoms. The van der Waals surface area contributed by atoms with Gasteiger partial charge in [-0.15, -0.1) is 0 Å². The third-order valence-corrected chi connectivity index (χ3v) is 3.81. The van der Waals surface area contributed by atoms with E-state index in [1.165, 1.54) is 0 Å². The summed E-state index contributed by atoms with van der Waals surface area (Å²) in [5.41, 5.74) is 3.70. The minimum Gasteiger partial charge on any atom is -0.478 e. The van der Waals surface area contributed by atoms with E-state index >= 15 is 0 Å². The highest BCUT2D eigenvalue weighted by atomic mass is 16.4. The first kappa shape index (κ1) is 16.4. The number of carboxylic acid groups (broad SMARTS) is 1. The van der Waals surface area contributed by atoms with Gasteiger partial charge < -0.3 is 15.7 Å². The molecule has 0 aliphatic carbocycles. The van der Waals surface area contributed by atoms with Crippen molar-refractivity contribution in [3.05, 3.63) is 71.4 Å². The number of hydrogen-bond donors (Lipinski definition) is 3. The molecule has 1 heterocycles. The fourth-order valence-electron chi connectivity index (χ4n) is 2.29. The van der Waals surface area contributed by atoms with E-state index in [1.54, 1.807) is 24.3 Å². The smallest absolute Gasteiger partial charge is 0.335 e. The van der Waals surface area contributed by atoms with Crippen LogP contribution in [-0.2, 0) is 0 Å². The number of aromatic carboxylic acids is 1. The van der Waals surface area contributed by atoms with E-state index in [2.05, 4.69) is 20.6 Å². The zero-order valence-corrected chi connectivity index (χ0v) is 13.9. The maximum absolute atomic E-state index is 10.9. The number of benzene rings is 2. The molecule has 3 rings (SSSR count). The number of nitrogens with one attached hydrogen (secondary N) is 2. The predicted octanol–water partition coefficient (Wildman–Crippen LogP) is 4.28. The van der Waals surface area contributed by atoms with Gasteiger partial charge in [-0.2, -0.15) is 4.98 Å². The van der Waals surface area contributed by atoms with Gasteiger partial charge in [-0.1, -0.05) is 18.2 Å². The molecule has 0 aliphatic heterocycles. The van der Waals surface area contributed by atoms with Crippen LogP contribution in [0.25, 0.3) is 0 Å². The molecule has 3 N–H and O–H groups in total. The molecule has 2 aromatic carbocycles. The number of para-hydroxylation sites is 1. The van der Waals surface area contributed by atoms with Crippen LogP contribution in [0.2, 0.25) is 0 Å². The fraction of sp³-hybridized carbons (Fsp3) is 0.105. The Morgan fingerprint density at radius 3 is 2.16 bits per heavy atom. The molecule has 0 bridgehead atoms. The second-order valence-corrected chi connectivity index (χ2v) is 5.60. The van der Waals surface area contributed by atoms with Crippen molar-refractivity contribution in [3.63, 3.8) is 0 Å². The highest BCUT2D eigenvalue weighted by molar-refractivity contribution is 5.88. The first-order chi connectivity index (χ1) is 12.0. The van der Waals surface area contributed by atoms with Crippen LogP contribution in [0, 0.1) is 13.8 Å². The Morgan fingerprint density at radius 2 is 1.52 bits per heavy atom. The molecule has 0 unspecified atom stereocenters. The van der Waals surface area contributed by atoms with Crippen LogP contribution >= 0.6 is 0 Å². The normalized spacial score (nSPS) is 10.3. The Bertz CT molecular complexity index is 893. The number of anilines is 4. The quantitative estimate of drug-likeness (QED) is 0.645. The first-order valence-electron chi connectivity index (χ1n) is 7.80. The van der Waals surface area contributed by atoms with E-state index in [4.69, 9.17) is 5.11 Å². The summed E-state index contributed by atoms with van der Waals surface area (Å²) in [7, 11) is 0. The highest BCUT2D eigenvalue weighted by Gasteiger charge is 2.09. The van der Waals surface area contributed by atoms with E-state index in [-0.39, 0.29) is 5.56 Å². The predicted molar refractivity (Wildman–Crippen MR) is 97.9 cm³/mol. The number of aryl methyl sites for hydroxylation is 1. The van der Waals surface area contributed by atoms with Gasteiger partial charge in [0.2, 0.25) is 5.95 Å². The maximum atomic E-state index is 10.9. The van der Waals surface area contributed by atoms with Gasteiger partial charge in [0.1, 0.15) is 5.82 Å². The lowest BCUT2D eigenvalue weighted by Gasteiger charge is -2.13. The molecule has 0 saturated carbocycles. The second-order valence-electron chi connectivity index (χ2n) is 5.60. The van der Waals surface area contributed by atoms with Crippen molar-refractivity contribution in [1.29, 1.82) is 0 Å². The average molecular weight is 334 g/mol. The van der Waals surface area contributed by atoms with Crippen molar-refractivity contribution in [2.24, 2.45) is 0 Å². The van der Waals surface area contributed by atoms with E-state index in [9.17, 15) is 4.79 Å². The lowest BCUT2D eigenvalue weighted by Crippen LogP contribution is -2.05. The van der Waals surface area contributed by atoms with Crippen molar-refractivity contribution in [1.82, 2.24) is 9.97 Å². The van der Waals surface area contributed by atoms with Crippen molar-refractivity contribution in [2.45, 2.75) is 13.8 Å². The fourth-order valence-corrected chi connectivity index (χ4v) is 2.29. The summed E-state index contributed by atoms with van der Waals surface area (Å²) in [5, 5.41) is 15.4. The SMILES string of the molecule is Cc1nc(Nc2ccccc2)nc(Nc2ccc(C(=O)O)cc2)c1C. The molecule has 3 aromatic rings. The number of carboxylic acids is 1. The number of hydrogen-bond acceptors (Lipinski definition) is 5. The highest BCUT2D eigenvalue weighted by Crippen LogP contribution is 2.23. The van der Waals surface area contributed by atoms with Crippen LogP contribution in [0.15, 0.2) is 54.6 Å². The topological polar surface area (TPSA) is 87.1 Å². The van der Waals surface area contributed by atoms with E-state index in [1.807, 2.05) is 44.2 Å². The van der Waals surface area contributed by atoms with Crippen molar-refractivity contribution < 1.29 is 9.90 Å². The summed E-state index contributed by atoms with van der Waals surface area (Å²) in [6, 6.07) is 16.2. The Morgan fingerprint density at radius 1 is 0.880 bits per heavy atom. The molecule has 0 fully saturated rings. The van der Waals surface area contributed by atoms with Gasteiger partial charge in [0.05, 0.1) is 5.56 Å². The van der Waals surface area contributed by atoms with Crippen LogP contribution in [0.5, 0.6) is 0 Å². The standard InChI is InChI=1S/C19H18N4O2/c1-12-13(2)20-19(22-15-6-4-3-5-7-15)23-17(12)21-16-10-8-14(9-11-16)18(24)25/h3-11H,1-2H3,(H,24,25)(H2,20,21,22,23). The number of nitrogens with zero attached hydrogens (tertiary/aromatic N) is 2. The Hall–Kier alpha value is -3.41. The zero-order valence-electron chi connectivity index (χ0n) is 13.9. The minimum absolute atomic E-state index is 0.243. The number of rotatable bonds is 5. The number of aromatic nitrogens is 2. The third-order valence-electron chi connectivity index (χ3n) is 3.81. The maximum Gasteiger partial charge on any atom is 0.335 e. The Labute approximate surface area is 145 Å². The molecular formula is C19H18N4O2. The summed E-state index contributed by atoms with van der Waals surface area (Å²) < 4.78 is 0. The first-order valence-corrected chi connectivity index (χ1v) is 7.80. The largest absolute Gasteiger partial charge is 0.478 e. The van der Waals surface area contributed by atoms with Gasteiger partial charge in [-0.25, -0.2) is 9.78 Å². The Balaban J connectivity index is 1.86. The Kier molecular flexibility index (Phi) is 4.61. The van der Waals surface area contributed by atoms with Gasteiger partial charge in [0.25, 0.3) is 0 Å². The zero-order chi connectivity index (χ0) is 17.8. The van der Waals surface area contributed by atoms with E-state index in [0.29, 0.717) is 11.8 Å². The van der Waals surface area contributed by atoms with E-state index < -0.39 is 5.97 Å². The van der Waals surface area contributed by atoms with Crippen molar-refractivity contribution in [2.75, 3.05) is 10.6 Å². The summed E-state index contributed by atoms with van der Waals surface area (Å²) in [5.74, 6) is 0.225. The summed E-state index contributed by atoms with van der Waals surface area (Å²) in [6.45, 7) is 3.86. The van der Waals surface area contributed by atoms with Gasteiger partial charge in [0, 0.05) is 22.6 Å².